The number of rotatable bonds is 7. The Kier molecular flexibility index (Phi) is 10.0. The van der Waals surface area contributed by atoms with Crippen LogP contribution in [0.15, 0.2) is 176 Å². The fourth-order valence-electron chi connectivity index (χ4n) is 7.95. The van der Waals surface area contributed by atoms with Gasteiger partial charge in [0.15, 0.2) is 0 Å². The molecule has 59 heavy (non-hydrogen) atoms. The molecule has 4 aromatic heterocycles. The Morgan fingerprint density at radius 2 is 1.20 bits per heavy atom. The van der Waals surface area contributed by atoms with E-state index < -0.39 is 0 Å². The second-order valence-corrected chi connectivity index (χ2v) is 15.4. The molecular weight excluding hydrogens is 904 g/mol. The van der Waals surface area contributed by atoms with Crippen molar-refractivity contribution in [3.05, 3.63) is 223 Å². The number of hydrogen-bond donors (Lipinski definition) is 0. The molecule has 0 bridgehead atoms. The smallest absolute Gasteiger partial charge is 0.136 e. The van der Waals surface area contributed by atoms with Crippen LogP contribution < -0.4 is 9.80 Å². The van der Waals surface area contributed by atoms with Crippen LogP contribution in [-0.2, 0) is 26.5 Å². The molecule has 6 nitrogen and oxygen atoms in total. The van der Waals surface area contributed by atoms with Gasteiger partial charge < -0.3 is 14.4 Å². The van der Waals surface area contributed by atoms with Gasteiger partial charge in [-0.25, -0.2) is 4.98 Å². The Balaban J connectivity index is 0.00000449. The molecule has 7 heteroatoms. The van der Waals surface area contributed by atoms with Gasteiger partial charge in [-0.3, -0.25) is 9.97 Å². The van der Waals surface area contributed by atoms with Crippen LogP contribution >= 0.6 is 0 Å². The van der Waals surface area contributed by atoms with E-state index in [-0.39, 0.29) is 26.5 Å². The normalized spacial score (nSPS) is 12.4. The molecule has 9 aromatic rings. The summed E-state index contributed by atoms with van der Waals surface area (Å²) in [5, 5.41) is 2.24. The fraction of sp³-hybridized carbons (Fsp3) is 0.0769. The minimum Gasteiger partial charge on any atom is -0.488 e. The van der Waals surface area contributed by atoms with E-state index in [1.54, 1.807) is 0 Å². The summed E-state index contributed by atoms with van der Waals surface area (Å²) >= 11 is 0. The van der Waals surface area contributed by atoms with Crippen molar-refractivity contribution < 1.29 is 21.1 Å². The molecule has 290 valence electrons. The van der Waals surface area contributed by atoms with Gasteiger partial charge >= 0.3 is 0 Å². The van der Waals surface area contributed by atoms with E-state index in [2.05, 4.69) is 169 Å². The van der Waals surface area contributed by atoms with E-state index in [9.17, 15) is 0 Å². The predicted octanol–water partition coefficient (Wildman–Crippen LogP) is 12.3. The summed E-state index contributed by atoms with van der Waals surface area (Å²) in [5.41, 5.74) is 12.5. The minimum absolute atomic E-state index is 0. The maximum atomic E-state index is 4.95. The number of pyridine rings is 3. The van der Waals surface area contributed by atoms with Gasteiger partial charge in [-0.05, 0) is 94.2 Å². The molecule has 0 aliphatic carbocycles. The summed E-state index contributed by atoms with van der Waals surface area (Å²) in [6.45, 7) is 8.85. The molecule has 0 fully saturated rings. The van der Waals surface area contributed by atoms with Crippen molar-refractivity contribution in [2.45, 2.75) is 26.2 Å². The van der Waals surface area contributed by atoms with Gasteiger partial charge in [0.25, 0.3) is 0 Å². The van der Waals surface area contributed by atoms with E-state index in [1.807, 2.05) is 61.1 Å². The van der Waals surface area contributed by atoms with Crippen LogP contribution in [0.5, 0.6) is 0 Å². The van der Waals surface area contributed by atoms with Crippen molar-refractivity contribution >= 4 is 55.7 Å². The van der Waals surface area contributed by atoms with Crippen LogP contribution in [0.25, 0.3) is 38.8 Å². The van der Waals surface area contributed by atoms with Crippen molar-refractivity contribution in [2.24, 2.45) is 0 Å². The zero-order valence-corrected chi connectivity index (χ0v) is 35.1. The zero-order valence-electron chi connectivity index (χ0n) is 32.8. The summed E-state index contributed by atoms with van der Waals surface area (Å²) in [5.74, 6) is 0.854. The van der Waals surface area contributed by atoms with Gasteiger partial charge in [-0.15, -0.1) is 60.3 Å². The number of anilines is 4. The Morgan fingerprint density at radius 3 is 1.92 bits per heavy atom. The van der Waals surface area contributed by atoms with Crippen LogP contribution in [0.4, 0.5) is 22.7 Å². The monoisotopic (exact) mass is 942 g/mol. The maximum Gasteiger partial charge on any atom is 0.136 e. The van der Waals surface area contributed by atoms with Gasteiger partial charge in [0.05, 0.1) is 11.4 Å². The number of fused-ring (bicyclic) bond motifs is 4. The largest absolute Gasteiger partial charge is 0.488 e. The Morgan fingerprint density at radius 1 is 0.542 bits per heavy atom. The second-order valence-electron chi connectivity index (χ2n) is 15.4. The molecule has 0 unspecified atom stereocenters. The number of hydrogen-bond acceptors (Lipinski definition) is 5. The molecule has 0 atom stereocenters. The van der Waals surface area contributed by atoms with Crippen LogP contribution in [0.1, 0.15) is 48.8 Å². The van der Waals surface area contributed by atoms with Gasteiger partial charge in [0, 0.05) is 62.2 Å². The summed E-state index contributed by atoms with van der Waals surface area (Å²) in [6, 6.07) is 62.4. The van der Waals surface area contributed by atoms with Crippen LogP contribution in [-0.4, -0.2) is 19.5 Å². The van der Waals surface area contributed by atoms with Gasteiger partial charge in [0.2, 0.25) is 0 Å². The van der Waals surface area contributed by atoms with E-state index in [4.69, 9.17) is 15.0 Å². The van der Waals surface area contributed by atoms with Crippen molar-refractivity contribution in [1.82, 2.24) is 19.5 Å². The quantitative estimate of drug-likeness (QED) is 0.149. The van der Waals surface area contributed by atoms with Gasteiger partial charge in [0.1, 0.15) is 5.82 Å². The minimum atomic E-state index is -0.0479. The molecule has 1 aliphatic rings. The van der Waals surface area contributed by atoms with Crippen molar-refractivity contribution in [3.63, 3.8) is 0 Å². The third-order valence-corrected chi connectivity index (χ3v) is 10.8. The number of aromatic nitrogens is 4. The molecule has 0 saturated carbocycles. The predicted molar refractivity (Wildman–Crippen MR) is 236 cm³/mol. The van der Waals surface area contributed by atoms with Crippen LogP contribution in [0, 0.1) is 18.8 Å². The van der Waals surface area contributed by atoms with E-state index in [0.717, 1.165) is 84.0 Å². The Labute approximate surface area is 359 Å². The first-order chi connectivity index (χ1) is 28.4. The van der Waals surface area contributed by atoms with E-state index >= 15 is 0 Å². The molecule has 0 amide bonds. The first kappa shape index (κ1) is 37.9. The maximum absolute atomic E-state index is 4.95. The Hall–Kier alpha value is -6.62. The van der Waals surface area contributed by atoms with Crippen LogP contribution in [0.3, 0.4) is 0 Å². The average molecular weight is 943 g/mol. The summed E-state index contributed by atoms with van der Waals surface area (Å²) in [6.07, 6.45) is 5.59. The van der Waals surface area contributed by atoms with Gasteiger partial charge in [-0.1, -0.05) is 98.1 Å². The molecule has 0 saturated heterocycles. The summed E-state index contributed by atoms with van der Waals surface area (Å²) < 4.78 is 2.25. The SMILES string of the molecule is CC(C)(C)c1ccnc(-n2c3[c-]c(C(=C(c4ccccn4)c4ccccn4)c4[c-]c(N5[CH-]N(c6ccccc6)c6ccccc65)ccc4)ccc3c3ccccc32)c1.[Pt]. The average Bonchev–Trinajstić information content (AvgIpc) is 3.82. The first-order valence-electron chi connectivity index (χ1n) is 19.5. The van der Waals surface area contributed by atoms with Crippen molar-refractivity contribution in [2.75, 3.05) is 9.80 Å². The zero-order chi connectivity index (χ0) is 39.2. The van der Waals surface area contributed by atoms with Gasteiger partial charge in [-0.2, -0.15) is 0 Å². The molecule has 5 heterocycles. The molecule has 0 spiro atoms. The second kappa shape index (κ2) is 15.6. The standard InChI is InChI=1S/C52H39N6.Pt/c1-52(2,3)38-28-31-55-49(34-38)58-45-23-8-7-20-41(45)42-27-26-37(33-48(42)58)50(51(43-21-11-13-29-53-43)44-22-12-14-30-54-44)36-16-15-19-40(32-36)57-35-56(39-17-5-4-6-18-39)46-24-9-10-25-47(46)57;/h4-31,34-35H,1-3H3;/q-3;. The molecule has 10 rings (SSSR count). The number of nitrogens with zero attached hydrogens (tertiary/aromatic N) is 6. The third kappa shape index (κ3) is 6.94. The number of para-hydroxylation sites is 4. The molecule has 5 aromatic carbocycles. The molecule has 0 radical (unpaired) electrons. The first-order valence-corrected chi connectivity index (χ1v) is 19.5. The topological polar surface area (TPSA) is 50.1 Å². The molecule has 1 aliphatic heterocycles. The summed E-state index contributed by atoms with van der Waals surface area (Å²) in [4.78, 5) is 19.3. The fourth-order valence-corrected chi connectivity index (χ4v) is 7.95. The van der Waals surface area contributed by atoms with Crippen LogP contribution in [0.2, 0.25) is 0 Å². The third-order valence-electron chi connectivity index (χ3n) is 10.8. The Bertz CT molecular complexity index is 2930. The molecule has 0 N–H and O–H groups in total. The van der Waals surface area contributed by atoms with E-state index in [0.29, 0.717) is 0 Å². The molecular formula is C52H39N6Pt-3. The van der Waals surface area contributed by atoms with Crippen molar-refractivity contribution in [1.29, 1.82) is 0 Å². The van der Waals surface area contributed by atoms with Crippen molar-refractivity contribution in [3.8, 4) is 5.82 Å². The van der Waals surface area contributed by atoms with E-state index in [1.165, 1.54) is 5.56 Å². The summed E-state index contributed by atoms with van der Waals surface area (Å²) in [7, 11) is 0. The number of benzene rings is 5.